The molecule has 0 aromatic heterocycles. The molecule has 102 valence electrons. The molecule has 0 radical (unpaired) electrons. The molecule has 0 aliphatic heterocycles. The Morgan fingerprint density at radius 1 is 1.28 bits per heavy atom. The van der Waals surface area contributed by atoms with Crippen LogP contribution in [-0.4, -0.2) is 29.5 Å². The fourth-order valence-corrected chi connectivity index (χ4v) is 2.24. The summed E-state index contributed by atoms with van der Waals surface area (Å²) in [6, 6.07) is 6.11. The maximum Gasteiger partial charge on any atom is 0.119 e. The third-order valence-electron chi connectivity index (χ3n) is 3.17. The highest BCUT2D eigenvalue weighted by molar-refractivity contribution is 5.37. The molecule has 3 heteroatoms. The fraction of sp³-hybridized carbons (Fsp3) is 0.600. The van der Waals surface area contributed by atoms with Gasteiger partial charge in [0.05, 0.1) is 19.3 Å². The van der Waals surface area contributed by atoms with Gasteiger partial charge >= 0.3 is 0 Å². The topological polar surface area (TPSA) is 49.7 Å². The van der Waals surface area contributed by atoms with Crippen molar-refractivity contribution in [3.05, 3.63) is 29.3 Å². The minimum atomic E-state index is -0.642. The van der Waals surface area contributed by atoms with Gasteiger partial charge in [0.2, 0.25) is 0 Å². The second kappa shape index (κ2) is 7.39. The minimum absolute atomic E-state index is 0.178. The first-order chi connectivity index (χ1) is 8.62. The zero-order chi connectivity index (χ0) is 13.5. The molecule has 2 unspecified atom stereocenters. The van der Waals surface area contributed by atoms with Crippen LogP contribution in [0.3, 0.4) is 0 Å². The van der Waals surface area contributed by atoms with E-state index in [2.05, 4.69) is 26.0 Å². The van der Waals surface area contributed by atoms with Gasteiger partial charge in [-0.15, -0.1) is 0 Å². The highest BCUT2D eigenvalue weighted by atomic mass is 16.5. The number of rotatable bonds is 7. The van der Waals surface area contributed by atoms with Crippen molar-refractivity contribution in [3.8, 4) is 5.75 Å². The Hall–Kier alpha value is -1.06. The summed E-state index contributed by atoms with van der Waals surface area (Å²) < 4.78 is 5.50. The molecule has 2 N–H and O–H groups in total. The van der Waals surface area contributed by atoms with Gasteiger partial charge in [-0.3, -0.25) is 0 Å². The maximum absolute atomic E-state index is 9.52. The summed E-state index contributed by atoms with van der Waals surface area (Å²) in [6.07, 6.45) is 0.879. The van der Waals surface area contributed by atoms with Crippen LogP contribution in [0.5, 0.6) is 5.75 Å². The molecule has 1 rings (SSSR count). The highest BCUT2D eigenvalue weighted by Gasteiger charge is 2.14. The molecule has 0 aliphatic rings. The van der Waals surface area contributed by atoms with Crippen molar-refractivity contribution in [1.29, 1.82) is 0 Å². The lowest BCUT2D eigenvalue weighted by atomic mass is 9.90. The van der Waals surface area contributed by atoms with Crippen LogP contribution in [0.1, 0.15) is 44.2 Å². The summed E-state index contributed by atoms with van der Waals surface area (Å²) in [5.41, 5.74) is 2.48. The molecule has 0 saturated carbocycles. The van der Waals surface area contributed by atoms with Crippen LogP contribution in [0.15, 0.2) is 18.2 Å². The second-order valence-electron chi connectivity index (χ2n) is 4.62. The summed E-state index contributed by atoms with van der Waals surface area (Å²) in [6.45, 7) is 6.65. The number of aliphatic hydroxyl groups is 2. The summed E-state index contributed by atoms with van der Waals surface area (Å²) in [5, 5.41) is 18.4. The monoisotopic (exact) mass is 252 g/mol. The molecule has 18 heavy (non-hydrogen) atoms. The molecule has 3 nitrogen and oxygen atoms in total. The van der Waals surface area contributed by atoms with Crippen molar-refractivity contribution in [1.82, 2.24) is 0 Å². The minimum Gasteiger partial charge on any atom is -0.494 e. The van der Waals surface area contributed by atoms with Crippen molar-refractivity contribution in [3.63, 3.8) is 0 Å². The normalized spacial score (nSPS) is 14.3. The molecule has 0 aliphatic carbocycles. The van der Waals surface area contributed by atoms with Crippen molar-refractivity contribution in [2.75, 3.05) is 13.2 Å². The first-order valence-corrected chi connectivity index (χ1v) is 6.66. The van der Waals surface area contributed by atoms with Crippen molar-refractivity contribution in [2.45, 2.75) is 45.6 Å². The van der Waals surface area contributed by atoms with Gasteiger partial charge in [0, 0.05) is 0 Å². The number of ether oxygens (including phenoxy) is 1. The average Bonchev–Trinajstić information content (AvgIpc) is 2.38. The maximum atomic E-state index is 9.52. The van der Waals surface area contributed by atoms with E-state index < -0.39 is 6.10 Å². The van der Waals surface area contributed by atoms with E-state index in [1.165, 1.54) is 11.1 Å². The number of hydrogen-bond acceptors (Lipinski definition) is 3. The predicted molar refractivity (Wildman–Crippen MR) is 73.1 cm³/mol. The average molecular weight is 252 g/mol. The van der Waals surface area contributed by atoms with Crippen molar-refractivity contribution >= 4 is 0 Å². The first kappa shape index (κ1) is 15.0. The van der Waals surface area contributed by atoms with Crippen LogP contribution in [0.2, 0.25) is 0 Å². The van der Waals surface area contributed by atoms with E-state index in [1.807, 2.05) is 13.0 Å². The van der Waals surface area contributed by atoms with E-state index in [0.29, 0.717) is 13.0 Å². The van der Waals surface area contributed by atoms with E-state index in [1.54, 1.807) is 0 Å². The number of benzene rings is 1. The van der Waals surface area contributed by atoms with E-state index in [-0.39, 0.29) is 12.5 Å². The van der Waals surface area contributed by atoms with Crippen molar-refractivity contribution in [2.24, 2.45) is 0 Å². The second-order valence-corrected chi connectivity index (χ2v) is 4.62. The molecule has 1 aromatic carbocycles. The number of aliphatic hydroxyl groups excluding tert-OH is 2. The summed E-state index contributed by atoms with van der Waals surface area (Å²) >= 11 is 0. The molecule has 2 atom stereocenters. The summed E-state index contributed by atoms with van der Waals surface area (Å²) in [4.78, 5) is 0. The lowest BCUT2D eigenvalue weighted by molar-refractivity contribution is 0.0834. The number of aryl methyl sites for hydroxylation is 1. The summed E-state index contributed by atoms with van der Waals surface area (Å²) in [5.74, 6) is 1.13. The SMILES string of the molecule is CCOc1ccc(C(C)CC(O)CO)c(CC)c1. The highest BCUT2D eigenvalue weighted by Crippen LogP contribution is 2.28. The molecular formula is C15H24O3. The van der Waals surface area contributed by atoms with E-state index in [0.717, 1.165) is 12.2 Å². The van der Waals surface area contributed by atoms with Crippen LogP contribution >= 0.6 is 0 Å². The molecule has 0 heterocycles. The third kappa shape index (κ3) is 4.00. The zero-order valence-corrected chi connectivity index (χ0v) is 11.5. The van der Waals surface area contributed by atoms with Gasteiger partial charge in [0.15, 0.2) is 0 Å². The molecule has 0 amide bonds. The predicted octanol–water partition coefficient (Wildman–Crippen LogP) is 2.49. The van der Waals surface area contributed by atoms with Gasteiger partial charge in [-0.2, -0.15) is 0 Å². The first-order valence-electron chi connectivity index (χ1n) is 6.66. The van der Waals surface area contributed by atoms with Crippen LogP contribution < -0.4 is 4.74 Å². The number of hydrogen-bond donors (Lipinski definition) is 2. The van der Waals surface area contributed by atoms with E-state index in [9.17, 15) is 5.11 Å². The fourth-order valence-electron chi connectivity index (χ4n) is 2.24. The Labute approximate surface area is 109 Å². The molecule has 1 aromatic rings. The van der Waals surface area contributed by atoms with E-state index in [4.69, 9.17) is 9.84 Å². The van der Waals surface area contributed by atoms with Crippen LogP contribution in [0.4, 0.5) is 0 Å². The lowest BCUT2D eigenvalue weighted by Gasteiger charge is -2.19. The van der Waals surface area contributed by atoms with Gasteiger partial charge in [0.1, 0.15) is 5.75 Å². The smallest absolute Gasteiger partial charge is 0.119 e. The Bertz CT molecular complexity index is 363. The molecule has 0 fully saturated rings. The van der Waals surface area contributed by atoms with E-state index >= 15 is 0 Å². The zero-order valence-electron chi connectivity index (χ0n) is 11.5. The van der Waals surface area contributed by atoms with Crippen LogP contribution in [-0.2, 0) is 6.42 Å². The molecule has 0 bridgehead atoms. The van der Waals surface area contributed by atoms with Gasteiger partial charge in [-0.1, -0.05) is 19.9 Å². The standard InChI is InChI=1S/C15H24O3/c1-4-12-9-14(18-5-2)6-7-15(12)11(3)8-13(17)10-16/h6-7,9,11,13,16-17H,4-5,8,10H2,1-3H3. The quantitative estimate of drug-likeness (QED) is 0.784. The molecular weight excluding hydrogens is 228 g/mol. The molecule has 0 saturated heterocycles. The largest absolute Gasteiger partial charge is 0.494 e. The third-order valence-corrected chi connectivity index (χ3v) is 3.17. The van der Waals surface area contributed by atoms with Gasteiger partial charge in [0.25, 0.3) is 0 Å². The molecule has 0 spiro atoms. The van der Waals surface area contributed by atoms with Crippen LogP contribution in [0, 0.1) is 0 Å². The van der Waals surface area contributed by atoms with Crippen molar-refractivity contribution < 1.29 is 14.9 Å². The Morgan fingerprint density at radius 2 is 2.00 bits per heavy atom. The Kier molecular flexibility index (Phi) is 6.16. The summed E-state index contributed by atoms with van der Waals surface area (Å²) in [7, 11) is 0. The Morgan fingerprint density at radius 3 is 2.56 bits per heavy atom. The Balaban J connectivity index is 2.87. The van der Waals surface area contributed by atoms with Crippen LogP contribution in [0.25, 0.3) is 0 Å². The van der Waals surface area contributed by atoms with Gasteiger partial charge < -0.3 is 14.9 Å². The van der Waals surface area contributed by atoms with Gasteiger partial charge in [-0.05, 0) is 48.9 Å². The van der Waals surface area contributed by atoms with Gasteiger partial charge in [-0.25, -0.2) is 0 Å². The lowest BCUT2D eigenvalue weighted by Crippen LogP contribution is -2.15.